The molecule has 1 fully saturated rings. The lowest BCUT2D eigenvalue weighted by Gasteiger charge is -2.24. The number of anilines is 1. The van der Waals surface area contributed by atoms with Crippen LogP contribution < -0.4 is 5.32 Å². The summed E-state index contributed by atoms with van der Waals surface area (Å²) in [4.78, 5) is 5.77. The number of hydrogen-bond acceptors (Lipinski definition) is 3. The van der Waals surface area contributed by atoms with E-state index in [2.05, 4.69) is 22.0 Å². The first-order valence-corrected chi connectivity index (χ1v) is 10.1. The highest BCUT2D eigenvalue weighted by molar-refractivity contribution is 7.15. The van der Waals surface area contributed by atoms with Crippen LogP contribution in [0.2, 0.25) is 5.02 Å². The predicted octanol–water partition coefficient (Wildman–Crippen LogP) is 6.16. The number of rotatable bonds is 4. The van der Waals surface area contributed by atoms with E-state index in [-0.39, 0.29) is 5.82 Å². The van der Waals surface area contributed by atoms with Crippen LogP contribution in [-0.2, 0) is 6.42 Å². The van der Waals surface area contributed by atoms with Crippen LogP contribution in [0.25, 0.3) is 16.2 Å². The monoisotopic (exact) mass is 377 g/mol. The number of fused-ring (bicyclic) bond motifs is 1. The van der Waals surface area contributed by atoms with Gasteiger partial charge in [-0.3, -0.25) is 4.40 Å². The highest BCUT2D eigenvalue weighted by Crippen LogP contribution is 2.37. The average molecular weight is 378 g/mol. The van der Waals surface area contributed by atoms with Crippen molar-refractivity contribution in [1.82, 2.24) is 9.38 Å². The maximum atomic E-state index is 13.5. The van der Waals surface area contributed by atoms with Gasteiger partial charge in [-0.1, -0.05) is 37.8 Å². The van der Waals surface area contributed by atoms with E-state index in [9.17, 15) is 4.39 Å². The van der Waals surface area contributed by atoms with Gasteiger partial charge >= 0.3 is 0 Å². The molecule has 1 aromatic carbocycles. The van der Waals surface area contributed by atoms with Gasteiger partial charge in [0.15, 0.2) is 4.96 Å². The number of nitrogens with one attached hydrogen (secondary N) is 1. The van der Waals surface area contributed by atoms with Gasteiger partial charge in [-0.15, -0.1) is 11.3 Å². The van der Waals surface area contributed by atoms with Crippen LogP contribution >= 0.6 is 22.9 Å². The summed E-state index contributed by atoms with van der Waals surface area (Å²) in [6, 6.07) is 4.98. The number of aromatic nitrogens is 2. The highest BCUT2D eigenvalue weighted by Gasteiger charge is 2.23. The number of thiazole rings is 1. The molecular formula is C19H21ClFN3S. The van der Waals surface area contributed by atoms with Crippen molar-refractivity contribution in [1.29, 1.82) is 0 Å². The first kappa shape index (κ1) is 16.9. The molecule has 4 rings (SSSR count). The Morgan fingerprint density at radius 2 is 2.12 bits per heavy atom. The molecule has 3 aromatic rings. The second-order valence-electron chi connectivity index (χ2n) is 6.61. The predicted molar refractivity (Wildman–Crippen MR) is 103 cm³/mol. The van der Waals surface area contributed by atoms with Gasteiger partial charge in [-0.2, -0.15) is 0 Å². The van der Waals surface area contributed by atoms with E-state index < -0.39 is 0 Å². The van der Waals surface area contributed by atoms with Gasteiger partial charge in [0, 0.05) is 22.7 Å². The number of aryl methyl sites for hydroxylation is 1. The molecule has 2 aromatic heterocycles. The number of hydrogen-bond donors (Lipinski definition) is 1. The van der Waals surface area contributed by atoms with Gasteiger partial charge in [0.1, 0.15) is 17.3 Å². The lowest BCUT2D eigenvalue weighted by Crippen LogP contribution is -2.23. The van der Waals surface area contributed by atoms with Gasteiger partial charge in [0.2, 0.25) is 0 Å². The molecule has 1 saturated carbocycles. The zero-order valence-electron chi connectivity index (χ0n) is 14.2. The molecule has 0 aliphatic heterocycles. The summed E-state index contributed by atoms with van der Waals surface area (Å²) in [6.07, 6.45) is 7.12. The molecule has 6 heteroatoms. The van der Waals surface area contributed by atoms with Crippen molar-refractivity contribution in [3.63, 3.8) is 0 Å². The molecular weight excluding hydrogens is 357 g/mol. The number of halogens is 2. The van der Waals surface area contributed by atoms with E-state index in [1.807, 2.05) is 0 Å². The van der Waals surface area contributed by atoms with Gasteiger partial charge in [0.25, 0.3) is 0 Å². The van der Waals surface area contributed by atoms with Crippen molar-refractivity contribution in [2.75, 3.05) is 5.32 Å². The van der Waals surface area contributed by atoms with E-state index in [1.54, 1.807) is 17.4 Å². The lowest BCUT2D eigenvalue weighted by atomic mass is 9.95. The van der Waals surface area contributed by atoms with Crippen molar-refractivity contribution < 1.29 is 4.39 Å². The Balaban J connectivity index is 1.84. The van der Waals surface area contributed by atoms with Crippen LogP contribution in [0.3, 0.4) is 0 Å². The first-order chi connectivity index (χ1) is 12.2. The van der Waals surface area contributed by atoms with Gasteiger partial charge < -0.3 is 5.32 Å². The Labute approximate surface area is 155 Å². The van der Waals surface area contributed by atoms with Crippen LogP contribution in [0.1, 0.15) is 44.7 Å². The fraction of sp³-hybridized carbons (Fsp3) is 0.421. The summed E-state index contributed by atoms with van der Waals surface area (Å²) in [5, 5.41) is 6.28. The fourth-order valence-corrected chi connectivity index (χ4v) is 4.83. The van der Waals surface area contributed by atoms with Crippen LogP contribution in [0.4, 0.5) is 10.2 Å². The molecule has 3 nitrogen and oxygen atoms in total. The Morgan fingerprint density at radius 3 is 2.84 bits per heavy atom. The Bertz CT molecular complexity index is 896. The first-order valence-electron chi connectivity index (χ1n) is 8.88. The normalized spacial score (nSPS) is 15.8. The maximum absolute atomic E-state index is 13.5. The summed E-state index contributed by atoms with van der Waals surface area (Å²) >= 11 is 7.97. The molecule has 0 amide bonds. The van der Waals surface area contributed by atoms with E-state index >= 15 is 0 Å². The summed E-state index contributed by atoms with van der Waals surface area (Å²) < 4.78 is 15.7. The van der Waals surface area contributed by atoms with Gasteiger partial charge in [0.05, 0.1) is 5.02 Å². The van der Waals surface area contributed by atoms with Crippen LogP contribution in [0.15, 0.2) is 23.6 Å². The topological polar surface area (TPSA) is 29.3 Å². The quantitative estimate of drug-likeness (QED) is 0.589. The minimum absolute atomic E-state index is 0.328. The van der Waals surface area contributed by atoms with Gasteiger partial charge in [-0.25, -0.2) is 9.37 Å². The highest BCUT2D eigenvalue weighted by atomic mass is 35.5. The number of benzene rings is 1. The third-order valence-electron chi connectivity index (χ3n) is 4.93. The lowest BCUT2D eigenvalue weighted by molar-refractivity contribution is 0.461. The standard InChI is InChI=1S/C19H21ClFN3S/c1-2-14-11-25-19-23-17(15-9-8-12(21)10-16(15)20)18(24(14)19)22-13-6-4-3-5-7-13/h8-11,13,22H,2-7H2,1H3. The zero-order valence-corrected chi connectivity index (χ0v) is 15.8. The third kappa shape index (κ3) is 3.15. The van der Waals surface area contributed by atoms with Crippen molar-refractivity contribution in [2.45, 2.75) is 51.5 Å². The molecule has 2 heterocycles. The summed E-state index contributed by atoms with van der Waals surface area (Å²) in [7, 11) is 0. The minimum Gasteiger partial charge on any atom is -0.367 e. The third-order valence-corrected chi connectivity index (χ3v) is 6.12. The fourth-order valence-electron chi connectivity index (χ4n) is 3.60. The Morgan fingerprint density at radius 1 is 1.32 bits per heavy atom. The summed E-state index contributed by atoms with van der Waals surface area (Å²) in [5.41, 5.74) is 2.83. The van der Waals surface area contributed by atoms with Crippen LogP contribution in [0.5, 0.6) is 0 Å². The second-order valence-corrected chi connectivity index (χ2v) is 7.85. The smallest absolute Gasteiger partial charge is 0.196 e. The van der Waals surface area contributed by atoms with E-state index in [4.69, 9.17) is 16.6 Å². The molecule has 1 aliphatic carbocycles. The van der Waals surface area contributed by atoms with Crippen molar-refractivity contribution in [3.8, 4) is 11.3 Å². The average Bonchev–Trinajstić information content (AvgIpc) is 3.16. The van der Waals surface area contributed by atoms with Crippen molar-refractivity contribution >= 4 is 33.7 Å². The second kappa shape index (κ2) is 6.96. The summed E-state index contributed by atoms with van der Waals surface area (Å²) in [5.74, 6) is 0.666. The molecule has 0 radical (unpaired) electrons. The van der Waals surface area contributed by atoms with Crippen molar-refractivity contribution in [3.05, 3.63) is 40.1 Å². The number of imidazole rings is 1. The Kier molecular flexibility index (Phi) is 4.69. The van der Waals surface area contributed by atoms with E-state index in [0.717, 1.165) is 28.5 Å². The van der Waals surface area contributed by atoms with E-state index in [0.29, 0.717) is 11.1 Å². The molecule has 1 aliphatic rings. The summed E-state index contributed by atoms with van der Waals surface area (Å²) in [6.45, 7) is 2.15. The molecule has 25 heavy (non-hydrogen) atoms. The molecule has 1 N–H and O–H groups in total. The zero-order chi connectivity index (χ0) is 17.4. The largest absolute Gasteiger partial charge is 0.367 e. The number of nitrogens with zero attached hydrogens (tertiary/aromatic N) is 2. The van der Waals surface area contributed by atoms with E-state index in [1.165, 1.54) is 49.9 Å². The minimum atomic E-state index is -0.328. The SMILES string of the molecule is CCc1csc2nc(-c3ccc(F)cc3Cl)c(NC3CCCCC3)n12. The maximum Gasteiger partial charge on any atom is 0.196 e. The molecule has 0 spiro atoms. The van der Waals surface area contributed by atoms with Gasteiger partial charge in [-0.05, 0) is 37.5 Å². The molecule has 0 bridgehead atoms. The molecule has 0 saturated heterocycles. The Hall–Kier alpha value is -1.59. The molecule has 0 unspecified atom stereocenters. The van der Waals surface area contributed by atoms with Crippen LogP contribution in [0, 0.1) is 5.82 Å². The molecule has 132 valence electrons. The molecule has 0 atom stereocenters. The van der Waals surface area contributed by atoms with Crippen LogP contribution in [-0.4, -0.2) is 15.4 Å². The van der Waals surface area contributed by atoms with Crippen molar-refractivity contribution in [2.24, 2.45) is 0 Å².